The van der Waals surface area contributed by atoms with Crippen LogP contribution in [0.4, 0.5) is 11.4 Å². The van der Waals surface area contributed by atoms with Gasteiger partial charge in [0.1, 0.15) is 5.69 Å². The standard InChI is InChI=1S/C20H31N5O5S/c1-22(17-7-3-2-4-8-17)31(29,30)24-15-13-23(14-16-24)12-11-20(26)21-18-9-5-6-10-19(18)25(27)28/h5-6,9-10,17H,2-4,7-8,11-16H2,1H3,(H,21,26). The quantitative estimate of drug-likeness (QED) is 0.476. The maximum atomic E-state index is 13.0. The second-order valence-electron chi connectivity index (χ2n) is 8.13. The average molecular weight is 454 g/mol. The fourth-order valence-corrected chi connectivity index (χ4v) is 5.79. The molecule has 11 heteroatoms. The van der Waals surface area contributed by atoms with Gasteiger partial charge in [0.05, 0.1) is 4.92 Å². The van der Waals surface area contributed by atoms with E-state index in [1.165, 1.54) is 22.9 Å². The number of nitro benzene ring substituents is 1. The van der Waals surface area contributed by atoms with E-state index in [0.717, 1.165) is 25.7 Å². The van der Waals surface area contributed by atoms with Crippen LogP contribution in [0.1, 0.15) is 38.5 Å². The number of nitrogens with zero attached hydrogens (tertiary/aromatic N) is 4. The molecule has 1 aromatic rings. The summed E-state index contributed by atoms with van der Waals surface area (Å²) in [5.74, 6) is -0.304. The van der Waals surface area contributed by atoms with Gasteiger partial charge in [-0.05, 0) is 18.9 Å². The molecule has 0 aromatic heterocycles. The van der Waals surface area contributed by atoms with Crippen molar-refractivity contribution in [3.05, 3.63) is 34.4 Å². The Kier molecular flexibility index (Phi) is 7.98. The number of rotatable bonds is 8. The second kappa shape index (κ2) is 10.5. The highest BCUT2D eigenvalue weighted by atomic mass is 32.2. The number of hydrogen-bond acceptors (Lipinski definition) is 6. The first-order valence-electron chi connectivity index (χ1n) is 10.8. The topological polar surface area (TPSA) is 116 Å². The van der Waals surface area contributed by atoms with Crippen LogP contribution in [0.25, 0.3) is 0 Å². The highest BCUT2D eigenvalue weighted by molar-refractivity contribution is 7.86. The van der Waals surface area contributed by atoms with Crippen molar-refractivity contribution in [1.29, 1.82) is 0 Å². The fourth-order valence-electron chi connectivity index (χ4n) is 4.21. The zero-order valence-electron chi connectivity index (χ0n) is 17.9. The molecular formula is C20H31N5O5S. The molecule has 172 valence electrons. The monoisotopic (exact) mass is 453 g/mol. The van der Waals surface area contributed by atoms with Crippen molar-refractivity contribution < 1.29 is 18.1 Å². The maximum absolute atomic E-state index is 13.0. The molecule has 1 saturated carbocycles. The minimum atomic E-state index is -3.47. The van der Waals surface area contributed by atoms with E-state index in [1.807, 2.05) is 4.90 Å². The summed E-state index contributed by atoms with van der Waals surface area (Å²) in [7, 11) is -1.79. The molecule has 1 aliphatic heterocycles. The molecule has 0 unspecified atom stereocenters. The lowest BCUT2D eigenvalue weighted by Gasteiger charge is -2.38. The predicted molar refractivity (Wildman–Crippen MR) is 118 cm³/mol. The van der Waals surface area contributed by atoms with Gasteiger partial charge in [-0.3, -0.25) is 14.9 Å². The van der Waals surface area contributed by atoms with Crippen LogP contribution < -0.4 is 5.32 Å². The molecule has 3 rings (SSSR count). The van der Waals surface area contributed by atoms with Crippen molar-refractivity contribution in [3.8, 4) is 0 Å². The van der Waals surface area contributed by atoms with Gasteiger partial charge in [-0.2, -0.15) is 17.0 Å². The molecule has 0 radical (unpaired) electrons. The van der Waals surface area contributed by atoms with Crippen LogP contribution in [0.2, 0.25) is 0 Å². The summed E-state index contributed by atoms with van der Waals surface area (Å²) in [6.45, 7) is 2.36. The third-order valence-electron chi connectivity index (χ3n) is 6.14. The van der Waals surface area contributed by atoms with Crippen LogP contribution in [0.3, 0.4) is 0 Å². The summed E-state index contributed by atoms with van der Waals surface area (Å²) in [5.41, 5.74) is 0.0379. The molecule has 1 aliphatic carbocycles. The van der Waals surface area contributed by atoms with E-state index < -0.39 is 15.1 Å². The van der Waals surface area contributed by atoms with E-state index in [2.05, 4.69) is 5.32 Å². The molecule has 2 fully saturated rings. The van der Waals surface area contributed by atoms with Crippen LogP contribution in [0.15, 0.2) is 24.3 Å². The van der Waals surface area contributed by atoms with E-state index in [9.17, 15) is 23.3 Å². The molecule has 10 nitrogen and oxygen atoms in total. The largest absolute Gasteiger partial charge is 0.320 e. The minimum Gasteiger partial charge on any atom is -0.320 e. The number of hydrogen-bond donors (Lipinski definition) is 1. The molecule has 1 aromatic carbocycles. The molecule has 1 amide bonds. The minimum absolute atomic E-state index is 0.0857. The number of para-hydroxylation sites is 2. The first-order valence-corrected chi connectivity index (χ1v) is 12.2. The lowest BCUT2D eigenvalue weighted by Crippen LogP contribution is -2.54. The number of nitro groups is 1. The second-order valence-corrected chi connectivity index (χ2v) is 10.1. The number of carbonyl (C=O) groups is 1. The van der Waals surface area contributed by atoms with Crippen molar-refractivity contribution >= 4 is 27.5 Å². The normalized spacial score (nSPS) is 19.4. The number of anilines is 1. The Morgan fingerprint density at radius 2 is 1.81 bits per heavy atom. The number of benzene rings is 1. The van der Waals surface area contributed by atoms with Crippen LogP contribution in [-0.4, -0.2) is 78.6 Å². The van der Waals surface area contributed by atoms with E-state index in [1.54, 1.807) is 23.5 Å². The third-order valence-corrected chi connectivity index (χ3v) is 8.18. The molecule has 1 heterocycles. The van der Waals surface area contributed by atoms with Gasteiger partial charge in [0.2, 0.25) is 5.91 Å². The van der Waals surface area contributed by atoms with Gasteiger partial charge in [0.25, 0.3) is 15.9 Å². The summed E-state index contributed by atoms with van der Waals surface area (Å²) < 4.78 is 29.0. The Labute approximate surface area is 183 Å². The maximum Gasteiger partial charge on any atom is 0.292 e. The van der Waals surface area contributed by atoms with Crippen molar-refractivity contribution in [2.24, 2.45) is 0 Å². The Morgan fingerprint density at radius 3 is 2.45 bits per heavy atom. The Bertz CT molecular complexity index is 880. The molecular weight excluding hydrogens is 422 g/mol. The molecule has 1 N–H and O–H groups in total. The predicted octanol–water partition coefficient (Wildman–Crippen LogP) is 2.05. The lowest BCUT2D eigenvalue weighted by molar-refractivity contribution is -0.383. The van der Waals surface area contributed by atoms with Gasteiger partial charge < -0.3 is 10.2 Å². The summed E-state index contributed by atoms with van der Waals surface area (Å²) in [4.78, 5) is 24.8. The molecule has 0 bridgehead atoms. The smallest absolute Gasteiger partial charge is 0.292 e. The van der Waals surface area contributed by atoms with Crippen LogP contribution >= 0.6 is 0 Å². The van der Waals surface area contributed by atoms with Gasteiger partial charge in [-0.1, -0.05) is 31.4 Å². The van der Waals surface area contributed by atoms with Crippen molar-refractivity contribution in [1.82, 2.24) is 13.5 Å². The molecule has 1 saturated heterocycles. The molecule has 31 heavy (non-hydrogen) atoms. The van der Waals surface area contributed by atoms with Gasteiger partial charge in [0.15, 0.2) is 0 Å². The van der Waals surface area contributed by atoms with Gasteiger partial charge in [-0.25, -0.2) is 0 Å². The average Bonchev–Trinajstić information content (AvgIpc) is 2.78. The molecule has 0 atom stereocenters. The van der Waals surface area contributed by atoms with E-state index in [0.29, 0.717) is 32.7 Å². The zero-order chi connectivity index (χ0) is 22.4. The Morgan fingerprint density at radius 1 is 1.16 bits per heavy atom. The summed E-state index contributed by atoms with van der Waals surface area (Å²) in [6.07, 6.45) is 5.35. The first-order chi connectivity index (χ1) is 14.8. The number of carbonyl (C=O) groups excluding carboxylic acids is 1. The summed E-state index contributed by atoms with van der Waals surface area (Å²) in [5, 5.41) is 13.7. The highest BCUT2D eigenvalue weighted by Crippen LogP contribution is 2.25. The van der Waals surface area contributed by atoms with E-state index in [4.69, 9.17) is 0 Å². The third kappa shape index (κ3) is 6.00. The number of amides is 1. The van der Waals surface area contributed by atoms with Gasteiger partial charge in [-0.15, -0.1) is 0 Å². The highest BCUT2D eigenvalue weighted by Gasteiger charge is 2.34. The SMILES string of the molecule is CN(C1CCCCC1)S(=O)(=O)N1CCN(CCC(=O)Nc2ccccc2[N+](=O)[O-])CC1. The van der Waals surface area contributed by atoms with Crippen LogP contribution in [0.5, 0.6) is 0 Å². The van der Waals surface area contributed by atoms with Gasteiger partial charge >= 0.3 is 0 Å². The first kappa shape index (κ1) is 23.6. The Balaban J connectivity index is 1.46. The number of piperazine rings is 1. The van der Waals surface area contributed by atoms with Crippen LogP contribution in [0, 0.1) is 10.1 Å². The Hall–Kier alpha value is -2.08. The summed E-state index contributed by atoms with van der Waals surface area (Å²) >= 11 is 0. The fraction of sp³-hybridized carbons (Fsp3) is 0.650. The van der Waals surface area contributed by atoms with Crippen LogP contribution in [-0.2, 0) is 15.0 Å². The van der Waals surface area contributed by atoms with E-state index >= 15 is 0 Å². The van der Waals surface area contributed by atoms with Crippen molar-refractivity contribution in [2.45, 2.75) is 44.6 Å². The number of nitrogens with one attached hydrogen (secondary N) is 1. The summed E-state index contributed by atoms with van der Waals surface area (Å²) in [6, 6.07) is 6.12. The van der Waals surface area contributed by atoms with E-state index in [-0.39, 0.29) is 29.7 Å². The molecule has 0 spiro atoms. The zero-order valence-corrected chi connectivity index (χ0v) is 18.7. The molecule has 2 aliphatic rings. The van der Waals surface area contributed by atoms with Crippen molar-refractivity contribution in [3.63, 3.8) is 0 Å². The lowest BCUT2D eigenvalue weighted by atomic mass is 9.96. The van der Waals surface area contributed by atoms with Gasteiger partial charge in [0, 0.05) is 58.3 Å². The van der Waals surface area contributed by atoms with Crippen molar-refractivity contribution in [2.75, 3.05) is 45.1 Å².